The zero-order valence-electron chi connectivity index (χ0n) is 10.1. The van der Waals surface area contributed by atoms with Crippen LogP contribution in [-0.2, 0) is 6.54 Å². The van der Waals surface area contributed by atoms with Gasteiger partial charge >= 0.3 is 0 Å². The number of nitrogens with one attached hydrogen (secondary N) is 1. The van der Waals surface area contributed by atoms with Crippen molar-refractivity contribution in [1.29, 1.82) is 0 Å². The van der Waals surface area contributed by atoms with Gasteiger partial charge in [0.1, 0.15) is 0 Å². The average Bonchev–Trinajstić information content (AvgIpc) is 2.77. The number of hydrogen-bond acceptors (Lipinski definition) is 2. The molecule has 0 spiro atoms. The Labute approximate surface area is 110 Å². The molecule has 2 heterocycles. The van der Waals surface area contributed by atoms with Crippen molar-refractivity contribution in [2.45, 2.75) is 13.0 Å². The third-order valence-corrected chi connectivity index (χ3v) is 4.04. The third-order valence-electron chi connectivity index (χ3n) is 4.04. The Morgan fingerprint density at radius 3 is 2.71 bits per heavy atom. The molecular weight excluding hydrogens is 232 g/mol. The van der Waals surface area contributed by atoms with Crippen LogP contribution in [0.5, 0.6) is 0 Å². The number of hydrogen-bond donors (Lipinski definition) is 1. The average molecular weight is 253 g/mol. The second-order valence-corrected chi connectivity index (χ2v) is 5.19. The van der Waals surface area contributed by atoms with E-state index in [0.29, 0.717) is 0 Å². The summed E-state index contributed by atoms with van der Waals surface area (Å²) >= 11 is 0. The quantitative estimate of drug-likeness (QED) is 0.868. The minimum Gasteiger partial charge on any atom is -0.316 e. The fourth-order valence-electron chi connectivity index (χ4n) is 3.10. The van der Waals surface area contributed by atoms with E-state index in [0.717, 1.165) is 18.4 Å². The zero-order valence-corrected chi connectivity index (χ0v) is 11.0. The predicted octanol–water partition coefficient (Wildman–Crippen LogP) is 2.15. The van der Waals surface area contributed by atoms with E-state index < -0.39 is 0 Å². The van der Waals surface area contributed by atoms with Crippen molar-refractivity contribution < 1.29 is 0 Å². The number of benzene rings is 1. The van der Waals surface area contributed by atoms with Crippen LogP contribution in [-0.4, -0.2) is 31.1 Å². The summed E-state index contributed by atoms with van der Waals surface area (Å²) in [5, 5.41) is 3.52. The van der Waals surface area contributed by atoms with Gasteiger partial charge in [0.05, 0.1) is 0 Å². The number of likely N-dealkylation sites (tertiary alicyclic amines) is 1. The molecule has 1 N–H and O–H groups in total. The molecule has 2 unspecified atom stereocenters. The molecule has 2 aliphatic rings. The van der Waals surface area contributed by atoms with Crippen molar-refractivity contribution in [2.24, 2.45) is 11.8 Å². The highest BCUT2D eigenvalue weighted by Gasteiger charge is 2.32. The van der Waals surface area contributed by atoms with Gasteiger partial charge in [-0.1, -0.05) is 30.3 Å². The molecule has 0 bridgehead atoms. The molecule has 2 nitrogen and oxygen atoms in total. The molecule has 0 aliphatic carbocycles. The number of fused-ring (bicyclic) bond motifs is 1. The Hall–Kier alpha value is -0.570. The molecule has 1 aromatic rings. The van der Waals surface area contributed by atoms with E-state index in [1.807, 2.05) is 0 Å². The summed E-state index contributed by atoms with van der Waals surface area (Å²) in [6, 6.07) is 10.8. The van der Waals surface area contributed by atoms with Gasteiger partial charge in [-0.2, -0.15) is 0 Å². The van der Waals surface area contributed by atoms with Gasteiger partial charge < -0.3 is 5.32 Å². The maximum atomic E-state index is 3.52. The second kappa shape index (κ2) is 5.85. The van der Waals surface area contributed by atoms with Gasteiger partial charge in [0.25, 0.3) is 0 Å². The molecule has 3 heteroatoms. The first-order valence-corrected chi connectivity index (χ1v) is 6.39. The zero-order chi connectivity index (χ0) is 10.8. The van der Waals surface area contributed by atoms with Crippen LogP contribution in [0.4, 0.5) is 0 Å². The van der Waals surface area contributed by atoms with Gasteiger partial charge in [0.2, 0.25) is 0 Å². The van der Waals surface area contributed by atoms with Gasteiger partial charge in [-0.05, 0) is 43.5 Å². The first kappa shape index (κ1) is 12.9. The van der Waals surface area contributed by atoms with Crippen molar-refractivity contribution in [2.75, 3.05) is 26.2 Å². The molecule has 94 valence electrons. The highest BCUT2D eigenvalue weighted by Crippen LogP contribution is 2.27. The lowest BCUT2D eigenvalue weighted by molar-refractivity contribution is 0.142. The standard InChI is InChI=1S/C14H20N2.ClH/c1-2-4-12(5-3-1)10-16-7-6-13-8-15-9-14(13)11-16;/h1-5,13-15H,6-11H2;1H. The lowest BCUT2D eigenvalue weighted by atomic mass is 9.88. The molecule has 2 saturated heterocycles. The SMILES string of the molecule is Cl.c1ccc(CN2CCC3CNCC3C2)cc1. The Kier molecular flexibility index (Phi) is 4.43. The van der Waals surface area contributed by atoms with Crippen LogP contribution in [0.3, 0.4) is 0 Å². The summed E-state index contributed by atoms with van der Waals surface area (Å²) in [5.41, 5.74) is 1.45. The fourth-order valence-corrected chi connectivity index (χ4v) is 3.10. The van der Waals surface area contributed by atoms with Crippen LogP contribution in [0.2, 0.25) is 0 Å². The number of piperidine rings is 1. The second-order valence-electron chi connectivity index (χ2n) is 5.19. The van der Waals surface area contributed by atoms with E-state index in [1.54, 1.807) is 0 Å². The van der Waals surface area contributed by atoms with Gasteiger partial charge in [-0.3, -0.25) is 4.90 Å². The molecule has 17 heavy (non-hydrogen) atoms. The molecule has 0 aromatic heterocycles. The molecule has 1 aromatic carbocycles. The minimum absolute atomic E-state index is 0. The Bertz CT molecular complexity index is 341. The van der Waals surface area contributed by atoms with E-state index in [1.165, 1.54) is 38.2 Å². The monoisotopic (exact) mass is 252 g/mol. The Balaban J connectivity index is 0.00000108. The van der Waals surface area contributed by atoms with Crippen molar-refractivity contribution in [3.05, 3.63) is 35.9 Å². The number of nitrogens with zero attached hydrogens (tertiary/aromatic N) is 1. The van der Waals surface area contributed by atoms with Crippen LogP contribution in [0.1, 0.15) is 12.0 Å². The van der Waals surface area contributed by atoms with Crippen LogP contribution < -0.4 is 5.32 Å². The first-order valence-electron chi connectivity index (χ1n) is 6.39. The molecule has 0 amide bonds. The molecule has 0 radical (unpaired) electrons. The van der Waals surface area contributed by atoms with Gasteiger partial charge in [0.15, 0.2) is 0 Å². The van der Waals surface area contributed by atoms with E-state index in [2.05, 4.69) is 40.5 Å². The molecule has 2 aliphatic heterocycles. The highest BCUT2D eigenvalue weighted by molar-refractivity contribution is 5.85. The van der Waals surface area contributed by atoms with Crippen LogP contribution in [0, 0.1) is 11.8 Å². The van der Waals surface area contributed by atoms with Crippen LogP contribution >= 0.6 is 12.4 Å². The topological polar surface area (TPSA) is 15.3 Å². The summed E-state index contributed by atoms with van der Waals surface area (Å²) in [6.07, 6.45) is 1.38. The summed E-state index contributed by atoms with van der Waals surface area (Å²) < 4.78 is 0. The first-order chi connectivity index (χ1) is 7.92. The largest absolute Gasteiger partial charge is 0.316 e. The Morgan fingerprint density at radius 1 is 1.12 bits per heavy atom. The molecule has 2 atom stereocenters. The van der Waals surface area contributed by atoms with Gasteiger partial charge in [0, 0.05) is 13.1 Å². The summed E-state index contributed by atoms with van der Waals surface area (Å²) in [5.74, 6) is 1.85. The lowest BCUT2D eigenvalue weighted by Crippen LogP contribution is -2.39. The van der Waals surface area contributed by atoms with Crippen LogP contribution in [0.25, 0.3) is 0 Å². The lowest BCUT2D eigenvalue weighted by Gasteiger charge is -2.34. The van der Waals surface area contributed by atoms with E-state index in [9.17, 15) is 0 Å². The molecule has 0 saturated carbocycles. The van der Waals surface area contributed by atoms with E-state index in [4.69, 9.17) is 0 Å². The number of halogens is 1. The summed E-state index contributed by atoms with van der Waals surface area (Å²) in [6.45, 7) is 6.17. The normalized spacial score (nSPS) is 28.5. The maximum absolute atomic E-state index is 3.52. The fraction of sp³-hybridized carbons (Fsp3) is 0.571. The van der Waals surface area contributed by atoms with Crippen molar-refractivity contribution in [3.63, 3.8) is 0 Å². The molecular formula is C14H21ClN2. The maximum Gasteiger partial charge on any atom is 0.0233 e. The summed E-state index contributed by atoms with van der Waals surface area (Å²) in [7, 11) is 0. The predicted molar refractivity (Wildman–Crippen MR) is 73.4 cm³/mol. The van der Waals surface area contributed by atoms with E-state index in [-0.39, 0.29) is 12.4 Å². The third kappa shape index (κ3) is 3.01. The van der Waals surface area contributed by atoms with Gasteiger partial charge in [-0.15, -0.1) is 12.4 Å². The van der Waals surface area contributed by atoms with Crippen molar-refractivity contribution in [3.8, 4) is 0 Å². The van der Waals surface area contributed by atoms with E-state index >= 15 is 0 Å². The molecule has 2 fully saturated rings. The minimum atomic E-state index is 0. The van der Waals surface area contributed by atoms with Crippen molar-refractivity contribution in [1.82, 2.24) is 10.2 Å². The van der Waals surface area contributed by atoms with Crippen molar-refractivity contribution >= 4 is 12.4 Å². The van der Waals surface area contributed by atoms with Crippen LogP contribution in [0.15, 0.2) is 30.3 Å². The number of rotatable bonds is 2. The highest BCUT2D eigenvalue weighted by atomic mass is 35.5. The molecule has 3 rings (SSSR count). The Morgan fingerprint density at radius 2 is 1.88 bits per heavy atom. The van der Waals surface area contributed by atoms with Gasteiger partial charge in [-0.25, -0.2) is 0 Å². The smallest absolute Gasteiger partial charge is 0.0233 e. The summed E-state index contributed by atoms with van der Waals surface area (Å²) in [4.78, 5) is 2.61.